The lowest BCUT2D eigenvalue weighted by molar-refractivity contribution is -0.125. The Balaban J connectivity index is 2.84. The molecule has 0 heterocycles. The van der Waals surface area contributed by atoms with E-state index in [9.17, 15) is 9.59 Å². The maximum Gasteiger partial charge on any atom is 0.295 e. The van der Waals surface area contributed by atoms with Gasteiger partial charge in [0, 0.05) is 18.7 Å². The first-order chi connectivity index (χ1) is 8.20. The van der Waals surface area contributed by atoms with Gasteiger partial charge < -0.3 is 4.90 Å². The molecule has 17 heavy (non-hydrogen) atoms. The number of nitrogens with zero attached hydrogens (tertiary/aromatic N) is 1. The molecule has 0 N–H and O–H groups in total. The molecule has 3 nitrogen and oxygen atoms in total. The Labute approximate surface area is 101 Å². The van der Waals surface area contributed by atoms with Crippen LogP contribution in [0.3, 0.4) is 0 Å². The lowest BCUT2D eigenvalue weighted by Crippen LogP contribution is -2.36. The first-order valence-corrected chi connectivity index (χ1v) is 5.31. The van der Waals surface area contributed by atoms with Gasteiger partial charge in [-0.05, 0) is 0 Å². The van der Waals surface area contributed by atoms with E-state index < -0.39 is 11.7 Å². The summed E-state index contributed by atoms with van der Waals surface area (Å²) in [4.78, 5) is 25.2. The third-order valence-electron chi connectivity index (χ3n) is 2.22. The van der Waals surface area contributed by atoms with Crippen LogP contribution in [-0.4, -0.2) is 29.7 Å². The molecule has 0 aliphatic carbocycles. The van der Waals surface area contributed by atoms with Gasteiger partial charge in [0.1, 0.15) is 0 Å². The Hall–Kier alpha value is -2.16. The zero-order chi connectivity index (χ0) is 12.7. The van der Waals surface area contributed by atoms with Crippen LogP contribution in [0.5, 0.6) is 0 Å². The van der Waals surface area contributed by atoms with Crippen molar-refractivity contribution in [1.82, 2.24) is 4.90 Å². The van der Waals surface area contributed by atoms with Gasteiger partial charge in [-0.3, -0.25) is 9.59 Å². The van der Waals surface area contributed by atoms with Crippen LogP contribution in [0.1, 0.15) is 10.4 Å². The van der Waals surface area contributed by atoms with Crippen LogP contribution in [0, 0.1) is 0 Å². The molecule has 88 valence electrons. The molecular weight excluding hydrogens is 214 g/mol. The number of hydrogen-bond acceptors (Lipinski definition) is 2. The fourth-order valence-electron chi connectivity index (χ4n) is 1.41. The second-order valence-corrected chi connectivity index (χ2v) is 3.48. The van der Waals surface area contributed by atoms with Gasteiger partial charge in [-0.25, -0.2) is 0 Å². The molecule has 3 heteroatoms. The van der Waals surface area contributed by atoms with Gasteiger partial charge in [-0.15, -0.1) is 13.2 Å². The zero-order valence-corrected chi connectivity index (χ0v) is 9.63. The lowest BCUT2D eigenvalue weighted by atomic mass is 10.1. The van der Waals surface area contributed by atoms with Gasteiger partial charge >= 0.3 is 0 Å². The van der Waals surface area contributed by atoms with E-state index in [1.807, 2.05) is 0 Å². The number of ketones is 1. The molecule has 1 aromatic rings. The summed E-state index contributed by atoms with van der Waals surface area (Å²) in [6.07, 6.45) is 3.17. The molecule has 0 unspecified atom stereocenters. The van der Waals surface area contributed by atoms with Crippen molar-refractivity contribution < 1.29 is 9.59 Å². The summed E-state index contributed by atoms with van der Waals surface area (Å²) in [5, 5.41) is 0. The van der Waals surface area contributed by atoms with E-state index in [1.165, 1.54) is 4.90 Å². The third-order valence-corrected chi connectivity index (χ3v) is 2.22. The Bertz CT molecular complexity index is 413. The first kappa shape index (κ1) is 12.9. The lowest BCUT2D eigenvalue weighted by Gasteiger charge is -2.18. The predicted octanol–water partition coefficient (Wildman–Crippen LogP) is 2.07. The summed E-state index contributed by atoms with van der Waals surface area (Å²) < 4.78 is 0. The number of carbonyl (C=O) groups excluding carboxylic acids is 2. The third kappa shape index (κ3) is 3.41. The molecule has 0 radical (unpaired) electrons. The number of hydrogen-bond donors (Lipinski definition) is 0. The van der Waals surface area contributed by atoms with Crippen LogP contribution in [0.25, 0.3) is 0 Å². The molecule has 0 saturated carbocycles. The summed E-state index contributed by atoms with van der Waals surface area (Å²) in [5.41, 5.74) is 0.399. The fourth-order valence-corrected chi connectivity index (χ4v) is 1.41. The molecule has 0 aliphatic rings. The smallest absolute Gasteiger partial charge is 0.295 e. The molecule has 0 bridgehead atoms. The highest BCUT2D eigenvalue weighted by atomic mass is 16.2. The van der Waals surface area contributed by atoms with Crippen molar-refractivity contribution in [2.45, 2.75) is 0 Å². The first-order valence-electron chi connectivity index (χ1n) is 5.31. The summed E-state index contributed by atoms with van der Waals surface area (Å²) in [6.45, 7) is 7.79. The summed E-state index contributed by atoms with van der Waals surface area (Å²) in [5.74, 6) is -1.04. The normalized spacial score (nSPS) is 9.41. The van der Waals surface area contributed by atoms with E-state index in [1.54, 1.807) is 42.5 Å². The van der Waals surface area contributed by atoms with Crippen LogP contribution in [0.15, 0.2) is 55.6 Å². The molecule has 0 atom stereocenters. The molecular formula is C14H15NO2. The van der Waals surface area contributed by atoms with Gasteiger partial charge in [0.15, 0.2) is 0 Å². The van der Waals surface area contributed by atoms with Crippen molar-refractivity contribution in [3.05, 3.63) is 61.2 Å². The Morgan fingerprint density at radius 3 is 2.06 bits per heavy atom. The summed E-state index contributed by atoms with van der Waals surface area (Å²) >= 11 is 0. The number of carbonyl (C=O) groups is 2. The number of benzene rings is 1. The van der Waals surface area contributed by atoms with E-state index in [-0.39, 0.29) is 0 Å². The second-order valence-electron chi connectivity index (χ2n) is 3.48. The standard InChI is InChI=1S/C14H15NO2/c1-3-10-15(11-4-2)14(17)13(16)12-8-6-5-7-9-12/h3-9H,1-2,10-11H2. The molecule has 0 fully saturated rings. The zero-order valence-electron chi connectivity index (χ0n) is 9.63. The Morgan fingerprint density at radius 1 is 1.06 bits per heavy atom. The molecule has 0 aromatic heterocycles. The quantitative estimate of drug-likeness (QED) is 0.425. The molecule has 0 saturated heterocycles. The van der Waals surface area contributed by atoms with Gasteiger partial charge in [0.25, 0.3) is 5.91 Å². The SMILES string of the molecule is C=CCN(CC=C)C(=O)C(=O)c1ccccc1. The van der Waals surface area contributed by atoms with Crippen LogP contribution in [0.4, 0.5) is 0 Å². The average Bonchev–Trinajstić information content (AvgIpc) is 2.38. The highest BCUT2D eigenvalue weighted by molar-refractivity contribution is 6.42. The maximum atomic E-state index is 11.9. The van der Waals surface area contributed by atoms with Gasteiger partial charge in [-0.2, -0.15) is 0 Å². The number of amides is 1. The molecule has 1 rings (SSSR count). The second kappa shape index (κ2) is 6.43. The molecule has 1 aromatic carbocycles. The van der Waals surface area contributed by atoms with Gasteiger partial charge in [0.05, 0.1) is 0 Å². The van der Waals surface area contributed by atoms with E-state index >= 15 is 0 Å². The Kier molecular flexibility index (Phi) is 4.88. The van der Waals surface area contributed by atoms with Crippen LogP contribution >= 0.6 is 0 Å². The van der Waals surface area contributed by atoms with Crippen molar-refractivity contribution in [2.75, 3.05) is 13.1 Å². The highest BCUT2D eigenvalue weighted by Gasteiger charge is 2.21. The number of rotatable bonds is 6. The van der Waals surface area contributed by atoms with E-state index in [2.05, 4.69) is 13.2 Å². The van der Waals surface area contributed by atoms with Crippen molar-refractivity contribution in [2.24, 2.45) is 0 Å². The van der Waals surface area contributed by atoms with Crippen molar-refractivity contribution >= 4 is 11.7 Å². The van der Waals surface area contributed by atoms with E-state index in [4.69, 9.17) is 0 Å². The van der Waals surface area contributed by atoms with Gasteiger partial charge in [-0.1, -0.05) is 42.5 Å². The van der Waals surface area contributed by atoms with Gasteiger partial charge in [0.2, 0.25) is 5.78 Å². The highest BCUT2D eigenvalue weighted by Crippen LogP contribution is 2.03. The summed E-state index contributed by atoms with van der Waals surface area (Å²) in [6, 6.07) is 8.50. The minimum atomic E-state index is -0.531. The predicted molar refractivity (Wildman–Crippen MR) is 67.7 cm³/mol. The fraction of sp³-hybridized carbons (Fsp3) is 0.143. The van der Waals surface area contributed by atoms with Crippen molar-refractivity contribution in [3.8, 4) is 0 Å². The molecule has 0 aliphatic heterocycles. The average molecular weight is 229 g/mol. The monoisotopic (exact) mass is 229 g/mol. The maximum absolute atomic E-state index is 11.9. The molecule has 1 amide bonds. The van der Waals surface area contributed by atoms with E-state index in [0.717, 1.165) is 0 Å². The number of Topliss-reactive ketones (excluding diaryl/α,β-unsaturated/α-hetero) is 1. The van der Waals surface area contributed by atoms with Crippen molar-refractivity contribution in [3.63, 3.8) is 0 Å². The topological polar surface area (TPSA) is 37.4 Å². The van der Waals surface area contributed by atoms with E-state index in [0.29, 0.717) is 18.7 Å². The van der Waals surface area contributed by atoms with Crippen LogP contribution in [0.2, 0.25) is 0 Å². The Morgan fingerprint density at radius 2 is 1.59 bits per heavy atom. The van der Waals surface area contributed by atoms with Crippen LogP contribution < -0.4 is 0 Å². The van der Waals surface area contributed by atoms with Crippen LogP contribution in [-0.2, 0) is 4.79 Å². The molecule has 0 spiro atoms. The largest absolute Gasteiger partial charge is 0.328 e. The van der Waals surface area contributed by atoms with Crippen molar-refractivity contribution in [1.29, 1.82) is 0 Å². The minimum absolute atomic E-state index is 0.337. The minimum Gasteiger partial charge on any atom is -0.328 e. The summed E-state index contributed by atoms with van der Waals surface area (Å²) in [7, 11) is 0.